The summed E-state index contributed by atoms with van der Waals surface area (Å²) in [6, 6.07) is 18.3. The molecule has 0 amide bonds. The average Bonchev–Trinajstić information content (AvgIpc) is 2.71. The molecule has 0 atom stereocenters. The van der Waals surface area contributed by atoms with Gasteiger partial charge in [-0.15, -0.1) is 0 Å². The number of aromatic amines is 1. The number of H-pyrrole nitrogens is 1. The zero-order valence-electron chi connectivity index (χ0n) is 17.3. The molecule has 29 heavy (non-hydrogen) atoms. The van der Waals surface area contributed by atoms with Gasteiger partial charge in [-0.3, -0.25) is 0 Å². The SMILES string of the molecule is CN(C)c1ccc(/C=C/c2cc(/C=C/c3ccc(N(C)C)cc3)[nH]c(=O)n2)cc1. The molecule has 0 fully saturated rings. The van der Waals surface area contributed by atoms with Gasteiger partial charge in [-0.25, -0.2) is 4.79 Å². The van der Waals surface area contributed by atoms with Crippen molar-refractivity contribution in [3.05, 3.63) is 87.6 Å². The highest BCUT2D eigenvalue weighted by molar-refractivity contribution is 5.72. The van der Waals surface area contributed by atoms with Gasteiger partial charge >= 0.3 is 5.69 Å². The Hall–Kier alpha value is -3.60. The van der Waals surface area contributed by atoms with Gasteiger partial charge in [0.15, 0.2) is 0 Å². The summed E-state index contributed by atoms with van der Waals surface area (Å²) in [4.78, 5) is 22.8. The zero-order valence-corrected chi connectivity index (χ0v) is 17.3. The largest absolute Gasteiger partial charge is 0.378 e. The highest BCUT2D eigenvalue weighted by Crippen LogP contribution is 2.16. The number of benzene rings is 2. The average molecular weight is 386 g/mol. The van der Waals surface area contributed by atoms with Crippen molar-refractivity contribution < 1.29 is 0 Å². The fourth-order valence-electron chi connectivity index (χ4n) is 2.81. The molecule has 5 heteroatoms. The fraction of sp³-hybridized carbons (Fsp3) is 0.167. The molecule has 5 nitrogen and oxygen atoms in total. The molecule has 1 N–H and O–H groups in total. The molecule has 148 valence electrons. The van der Waals surface area contributed by atoms with Crippen molar-refractivity contribution in [1.29, 1.82) is 0 Å². The third-order valence-electron chi connectivity index (χ3n) is 4.51. The summed E-state index contributed by atoms with van der Waals surface area (Å²) in [5.74, 6) is 0. The minimum absolute atomic E-state index is 0.363. The lowest BCUT2D eigenvalue weighted by Gasteiger charge is -2.11. The van der Waals surface area contributed by atoms with Crippen molar-refractivity contribution in [2.24, 2.45) is 0 Å². The van der Waals surface area contributed by atoms with Crippen LogP contribution in [0.3, 0.4) is 0 Å². The maximum absolute atomic E-state index is 11.9. The van der Waals surface area contributed by atoms with E-state index in [1.165, 1.54) is 0 Å². The minimum atomic E-state index is -0.363. The fourth-order valence-corrected chi connectivity index (χ4v) is 2.81. The van der Waals surface area contributed by atoms with Crippen LogP contribution >= 0.6 is 0 Å². The Morgan fingerprint density at radius 3 is 1.69 bits per heavy atom. The van der Waals surface area contributed by atoms with Crippen LogP contribution in [0.4, 0.5) is 11.4 Å². The van der Waals surface area contributed by atoms with Crippen molar-refractivity contribution in [3.63, 3.8) is 0 Å². The minimum Gasteiger partial charge on any atom is -0.378 e. The summed E-state index contributed by atoms with van der Waals surface area (Å²) in [6.07, 6.45) is 7.66. The number of nitrogens with one attached hydrogen (secondary N) is 1. The molecule has 0 radical (unpaired) electrons. The van der Waals surface area contributed by atoms with E-state index in [1.807, 2.05) is 82.8 Å². The normalized spacial score (nSPS) is 11.3. The molecule has 0 unspecified atom stereocenters. The standard InChI is InChI=1S/C24H26N4O/c1-27(2)22-13-7-18(8-14-22)5-11-20-17-21(26-24(29)25-20)12-6-19-9-15-23(16-10-19)28(3)4/h5-17H,1-4H3,(H,25,26,29)/b11-5+,12-6+. The van der Waals surface area contributed by atoms with Crippen molar-refractivity contribution in [1.82, 2.24) is 9.97 Å². The second kappa shape index (κ2) is 9.06. The molecular formula is C24H26N4O. The predicted molar refractivity (Wildman–Crippen MR) is 124 cm³/mol. The van der Waals surface area contributed by atoms with Crippen LogP contribution < -0.4 is 15.5 Å². The van der Waals surface area contributed by atoms with Crippen LogP contribution in [0.5, 0.6) is 0 Å². The lowest BCUT2D eigenvalue weighted by atomic mass is 10.1. The van der Waals surface area contributed by atoms with Crippen molar-refractivity contribution in [2.75, 3.05) is 38.0 Å². The van der Waals surface area contributed by atoms with Crippen LogP contribution in [0, 0.1) is 0 Å². The monoisotopic (exact) mass is 386 g/mol. The molecule has 3 aromatic rings. The smallest absolute Gasteiger partial charge is 0.345 e. The van der Waals surface area contributed by atoms with Crippen LogP contribution in [-0.2, 0) is 0 Å². The van der Waals surface area contributed by atoms with E-state index in [2.05, 4.69) is 44.0 Å². The number of aromatic nitrogens is 2. The summed E-state index contributed by atoms with van der Waals surface area (Å²) in [6.45, 7) is 0. The maximum Gasteiger partial charge on any atom is 0.345 e. The van der Waals surface area contributed by atoms with E-state index in [1.54, 1.807) is 0 Å². The topological polar surface area (TPSA) is 52.2 Å². The molecule has 0 bridgehead atoms. The molecule has 0 aliphatic rings. The summed E-state index contributed by atoms with van der Waals surface area (Å²) >= 11 is 0. The molecule has 0 aliphatic carbocycles. The van der Waals surface area contributed by atoms with Gasteiger partial charge in [0, 0.05) is 45.3 Å². The number of hydrogen-bond acceptors (Lipinski definition) is 4. The van der Waals surface area contributed by atoms with Gasteiger partial charge in [-0.2, -0.15) is 4.98 Å². The molecule has 0 saturated carbocycles. The van der Waals surface area contributed by atoms with Crippen molar-refractivity contribution in [3.8, 4) is 0 Å². The molecule has 0 aliphatic heterocycles. The molecule has 1 aromatic heterocycles. The van der Waals surface area contributed by atoms with E-state index >= 15 is 0 Å². The predicted octanol–water partition coefficient (Wildman–Crippen LogP) is 4.24. The third kappa shape index (κ3) is 5.69. The first kappa shape index (κ1) is 20.1. The van der Waals surface area contributed by atoms with E-state index in [0.717, 1.165) is 22.5 Å². The Balaban J connectivity index is 1.76. The molecule has 0 spiro atoms. The summed E-state index contributed by atoms with van der Waals surface area (Å²) in [7, 11) is 8.05. The number of rotatable bonds is 6. The van der Waals surface area contributed by atoms with Crippen LogP contribution in [0.2, 0.25) is 0 Å². The van der Waals surface area contributed by atoms with Crippen LogP contribution in [0.25, 0.3) is 24.3 Å². The highest BCUT2D eigenvalue weighted by atomic mass is 16.1. The summed E-state index contributed by atoms with van der Waals surface area (Å²) in [5, 5.41) is 0. The van der Waals surface area contributed by atoms with Gasteiger partial charge in [0.25, 0.3) is 0 Å². The summed E-state index contributed by atoms with van der Waals surface area (Å²) in [5.41, 5.74) is 5.37. The van der Waals surface area contributed by atoms with E-state index in [9.17, 15) is 4.79 Å². The zero-order chi connectivity index (χ0) is 20.8. The van der Waals surface area contributed by atoms with E-state index in [-0.39, 0.29) is 5.69 Å². The second-order valence-corrected chi connectivity index (χ2v) is 7.21. The molecule has 2 aromatic carbocycles. The van der Waals surface area contributed by atoms with Gasteiger partial charge in [-0.1, -0.05) is 36.4 Å². The van der Waals surface area contributed by atoms with E-state index < -0.39 is 0 Å². The highest BCUT2D eigenvalue weighted by Gasteiger charge is 1.98. The van der Waals surface area contributed by atoms with Crippen LogP contribution in [0.15, 0.2) is 59.4 Å². The first-order chi connectivity index (χ1) is 13.9. The Labute approximate surface area is 171 Å². The first-order valence-electron chi connectivity index (χ1n) is 9.43. The van der Waals surface area contributed by atoms with Crippen LogP contribution in [-0.4, -0.2) is 38.2 Å². The van der Waals surface area contributed by atoms with E-state index in [4.69, 9.17) is 0 Å². The lowest BCUT2D eigenvalue weighted by Crippen LogP contribution is -2.12. The molecular weight excluding hydrogens is 360 g/mol. The molecule has 0 saturated heterocycles. The molecule has 1 heterocycles. The lowest BCUT2D eigenvalue weighted by molar-refractivity contribution is 1.05. The van der Waals surface area contributed by atoms with Crippen molar-refractivity contribution >= 4 is 35.7 Å². The van der Waals surface area contributed by atoms with Gasteiger partial charge < -0.3 is 14.8 Å². The Kier molecular flexibility index (Phi) is 6.29. The van der Waals surface area contributed by atoms with Gasteiger partial charge in [-0.05, 0) is 53.6 Å². The van der Waals surface area contributed by atoms with Gasteiger partial charge in [0.1, 0.15) is 0 Å². The second-order valence-electron chi connectivity index (χ2n) is 7.21. The Morgan fingerprint density at radius 2 is 1.21 bits per heavy atom. The number of hydrogen-bond donors (Lipinski definition) is 1. The molecule has 3 rings (SSSR count). The van der Waals surface area contributed by atoms with E-state index in [0.29, 0.717) is 11.4 Å². The Morgan fingerprint density at radius 1 is 0.724 bits per heavy atom. The quantitative estimate of drug-likeness (QED) is 0.688. The van der Waals surface area contributed by atoms with Gasteiger partial charge in [0.2, 0.25) is 0 Å². The first-order valence-corrected chi connectivity index (χ1v) is 9.43. The maximum atomic E-state index is 11.9. The van der Waals surface area contributed by atoms with Gasteiger partial charge in [0.05, 0.1) is 5.69 Å². The Bertz CT molecular complexity index is 977. The summed E-state index contributed by atoms with van der Waals surface area (Å²) < 4.78 is 0. The van der Waals surface area contributed by atoms with Crippen LogP contribution in [0.1, 0.15) is 22.5 Å². The van der Waals surface area contributed by atoms with Crippen molar-refractivity contribution in [2.45, 2.75) is 0 Å². The number of anilines is 2. The number of nitrogens with zero attached hydrogens (tertiary/aromatic N) is 3. The third-order valence-corrected chi connectivity index (χ3v) is 4.51.